The van der Waals surface area contributed by atoms with E-state index in [0.717, 1.165) is 35.2 Å². The van der Waals surface area contributed by atoms with Crippen LogP contribution in [0.15, 0.2) is 62.9 Å². The van der Waals surface area contributed by atoms with Gasteiger partial charge in [-0.15, -0.1) is 10.2 Å². The number of guanidine groups is 2. The molecule has 2 aromatic carbocycles. The maximum atomic E-state index is 12.5. The average Bonchev–Trinajstić information content (AvgIpc) is 2.77. The molecule has 0 aliphatic heterocycles. The molecular weight excluding hydrogens is 420 g/mol. The largest absolute Gasteiger partial charge is 0.369 e. The Hall–Kier alpha value is -4.41. The van der Waals surface area contributed by atoms with Gasteiger partial charge < -0.3 is 33.6 Å². The molecule has 11 heteroatoms. The van der Waals surface area contributed by atoms with Crippen molar-refractivity contribution in [2.24, 2.45) is 49.3 Å². The lowest BCUT2D eigenvalue weighted by molar-refractivity contribution is 0.262. The molecule has 2 amide bonds. The molecular formula is C22H28N10O. The van der Waals surface area contributed by atoms with Gasteiger partial charge in [-0.2, -0.15) is 10.2 Å². The number of carbonyl (C=O) groups excluding carboxylic acids is 1. The quantitative estimate of drug-likeness (QED) is 0.230. The van der Waals surface area contributed by atoms with Crippen LogP contribution < -0.4 is 33.6 Å². The van der Waals surface area contributed by atoms with Crippen molar-refractivity contribution < 1.29 is 4.79 Å². The summed E-state index contributed by atoms with van der Waals surface area (Å²) in [6, 6.07) is 12.5. The summed E-state index contributed by atoms with van der Waals surface area (Å²) >= 11 is 0. The van der Waals surface area contributed by atoms with Crippen molar-refractivity contribution in [3.63, 3.8) is 0 Å². The van der Waals surface area contributed by atoms with E-state index in [4.69, 9.17) is 22.9 Å². The van der Waals surface area contributed by atoms with Gasteiger partial charge in [0.05, 0.1) is 11.4 Å². The van der Waals surface area contributed by atoms with E-state index in [1.165, 1.54) is 0 Å². The van der Waals surface area contributed by atoms with Crippen LogP contribution in [0.2, 0.25) is 0 Å². The molecule has 0 heterocycles. The van der Waals surface area contributed by atoms with Gasteiger partial charge in [-0.1, -0.05) is 25.1 Å². The summed E-state index contributed by atoms with van der Waals surface area (Å²) in [5, 5.41) is 21.3. The number of nitrogens with one attached hydrogen (secondary N) is 2. The Morgan fingerprint density at radius 2 is 1.55 bits per heavy atom. The predicted molar refractivity (Wildman–Crippen MR) is 133 cm³/mol. The van der Waals surface area contributed by atoms with E-state index in [2.05, 4.69) is 38.0 Å². The first-order chi connectivity index (χ1) is 15.7. The highest BCUT2D eigenvalue weighted by Gasteiger charge is 2.23. The SMILES string of the molecule is C/C(=N\N=C(N)N)c1ccc(NC(=O)Nc2ccc3c(c2)CCC(C)/C3=N\N=C(N)N)cc1. The zero-order valence-electron chi connectivity index (χ0n) is 18.5. The minimum Gasteiger partial charge on any atom is -0.369 e. The number of hydrogen-bond donors (Lipinski definition) is 6. The molecule has 0 saturated carbocycles. The first-order valence-electron chi connectivity index (χ1n) is 10.3. The van der Waals surface area contributed by atoms with Crippen LogP contribution in [-0.2, 0) is 6.42 Å². The molecule has 0 spiro atoms. The van der Waals surface area contributed by atoms with E-state index in [9.17, 15) is 4.79 Å². The molecule has 11 nitrogen and oxygen atoms in total. The van der Waals surface area contributed by atoms with E-state index in [1.54, 1.807) is 19.1 Å². The molecule has 3 rings (SSSR count). The van der Waals surface area contributed by atoms with Crippen LogP contribution in [0.3, 0.4) is 0 Å². The molecule has 0 bridgehead atoms. The molecule has 10 N–H and O–H groups in total. The van der Waals surface area contributed by atoms with Crippen LogP contribution in [0.1, 0.15) is 37.0 Å². The molecule has 0 aromatic heterocycles. The third-order valence-electron chi connectivity index (χ3n) is 5.10. The van der Waals surface area contributed by atoms with E-state index >= 15 is 0 Å². The Labute approximate surface area is 191 Å². The summed E-state index contributed by atoms with van der Waals surface area (Å²) in [4.78, 5) is 12.5. The number of benzene rings is 2. The molecule has 0 fully saturated rings. The van der Waals surface area contributed by atoms with Crippen molar-refractivity contribution in [2.75, 3.05) is 10.6 Å². The molecule has 0 saturated heterocycles. The predicted octanol–water partition coefficient (Wildman–Crippen LogP) is 1.89. The Kier molecular flexibility index (Phi) is 7.24. The van der Waals surface area contributed by atoms with Crippen LogP contribution in [0, 0.1) is 5.92 Å². The van der Waals surface area contributed by atoms with Crippen LogP contribution in [0.5, 0.6) is 0 Å². The van der Waals surface area contributed by atoms with Crippen molar-refractivity contribution in [3.8, 4) is 0 Å². The highest BCUT2D eigenvalue weighted by molar-refractivity contribution is 6.06. The van der Waals surface area contributed by atoms with Crippen molar-refractivity contribution in [1.29, 1.82) is 0 Å². The van der Waals surface area contributed by atoms with E-state index in [-0.39, 0.29) is 23.9 Å². The fourth-order valence-electron chi connectivity index (χ4n) is 3.45. The molecule has 1 aliphatic carbocycles. The molecule has 1 aliphatic rings. The normalized spacial score (nSPS) is 16.5. The average molecular weight is 449 g/mol. The Balaban J connectivity index is 1.68. The smallest absolute Gasteiger partial charge is 0.323 e. The minimum absolute atomic E-state index is 0.0824. The van der Waals surface area contributed by atoms with Gasteiger partial charge in [0.2, 0.25) is 11.9 Å². The minimum atomic E-state index is -0.354. The first kappa shape index (κ1) is 23.3. The van der Waals surface area contributed by atoms with Crippen molar-refractivity contribution >= 4 is 40.7 Å². The molecule has 0 radical (unpaired) electrons. The number of hydrogen-bond acceptors (Lipinski definition) is 5. The van der Waals surface area contributed by atoms with Gasteiger partial charge in [0, 0.05) is 22.9 Å². The zero-order valence-corrected chi connectivity index (χ0v) is 18.5. The second-order valence-electron chi connectivity index (χ2n) is 7.69. The van der Waals surface area contributed by atoms with Crippen LogP contribution in [0.25, 0.3) is 0 Å². The third-order valence-corrected chi connectivity index (χ3v) is 5.10. The Morgan fingerprint density at radius 3 is 2.21 bits per heavy atom. The summed E-state index contributed by atoms with van der Waals surface area (Å²) in [7, 11) is 0. The number of carbonyl (C=O) groups is 1. The van der Waals surface area contributed by atoms with Gasteiger partial charge in [-0.05, 0) is 55.2 Å². The van der Waals surface area contributed by atoms with Gasteiger partial charge in [-0.3, -0.25) is 0 Å². The van der Waals surface area contributed by atoms with Crippen LogP contribution in [0.4, 0.5) is 16.2 Å². The Bertz CT molecular complexity index is 1140. The lowest BCUT2D eigenvalue weighted by Crippen LogP contribution is -2.24. The fourth-order valence-corrected chi connectivity index (χ4v) is 3.45. The molecule has 2 aromatic rings. The number of rotatable bonds is 5. The second kappa shape index (κ2) is 10.3. The topological polar surface area (TPSA) is 195 Å². The summed E-state index contributed by atoms with van der Waals surface area (Å²) in [5.41, 5.74) is 27.1. The zero-order chi connectivity index (χ0) is 24.0. The number of fused-ring (bicyclic) bond motifs is 1. The monoisotopic (exact) mass is 448 g/mol. The van der Waals surface area contributed by atoms with Gasteiger partial charge in [0.25, 0.3) is 0 Å². The lowest BCUT2D eigenvalue weighted by atomic mass is 9.83. The molecule has 33 heavy (non-hydrogen) atoms. The van der Waals surface area contributed by atoms with Crippen LogP contribution >= 0.6 is 0 Å². The molecule has 1 unspecified atom stereocenters. The highest BCUT2D eigenvalue weighted by atomic mass is 16.2. The third kappa shape index (κ3) is 6.29. The number of anilines is 2. The van der Waals surface area contributed by atoms with Gasteiger partial charge >= 0.3 is 6.03 Å². The summed E-state index contributed by atoms with van der Waals surface area (Å²) in [5.74, 6) is 0.0399. The number of nitrogens with zero attached hydrogens (tertiary/aromatic N) is 4. The van der Waals surface area contributed by atoms with Gasteiger partial charge in [0.15, 0.2) is 0 Å². The number of amides is 2. The molecule has 1 atom stereocenters. The summed E-state index contributed by atoms with van der Waals surface area (Å²) in [6.07, 6.45) is 1.79. The van der Waals surface area contributed by atoms with Crippen molar-refractivity contribution in [3.05, 3.63) is 59.2 Å². The summed E-state index contributed by atoms with van der Waals surface area (Å²) in [6.45, 7) is 3.87. The van der Waals surface area contributed by atoms with Crippen molar-refractivity contribution in [2.45, 2.75) is 26.7 Å². The highest BCUT2D eigenvalue weighted by Crippen LogP contribution is 2.28. The standard InChI is InChI=1S/C22H28N10O/c1-12-3-4-15-11-17(9-10-18(15)19(12)30-32-21(25)26)28-22(33)27-16-7-5-14(6-8-16)13(2)29-31-20(23)24/h5-12H,3-4H2,1-2H3,(H4,23,24,31)(H4,25,26,32)(H2,27,28,33)/b29-13+,30-19+. The Morgan fingerprint density at radius 1 is 0.909 bits per heavy atom. The van der Waals surface area contributed by atoms with E-state index in [1.807, 2.05) is 30.3 Å². The van der Waals surface area contributed by atoms with Crippen molar-refractivity contribution in [1.82, 2.24) is 0 Å². The van der Waals surface area contributed by atoms with E-state index in [0.29, 0.717) is 17.1 Å². The van der Waals surface area contributed by atoms with Crippen LogP contribution in [-0.4, -0.2) is 29.4 Å². The maximum absolute atomic E-state index is 12.5. The number of nitrogens with two attached hydrogens (primary N) is 4. The number of urea groups is 1. The van der Waals surface area contributed by atoms with Gasteiger partial charge in [-0.25, -0.2) is 4.79 Å². The van der Waals surface area contributed by atoms with E-state index < -0.39 is 0 Å². The lowest BCUT2D eigenvalue weighted by Gasteiger charge is -2.23. The second-order valence-corrected chi connectivity index (χ2v) is 7.69. The number of aryl methyl sites for hydroxylation is 1. The fraction of sp³-hybridized carbons (Fsp3) is 0.227. The summed E-state index contributed by atoms with van der Waals surface area (Å²) < 4.78 is 0. The first-order valence-corrected chi connectivity index (χ1v) is 10.3. The van der Waals surface area contributed by atoms with Gasteiger partial charge in [0.1, 0.15) is 0 Å². The molecule has 172 valence electrons. The maximum Gasteiger partial charge on any atom is 0.323 e.